The van der Waals surface area contributed by atoms with Gasteiger partial charge in [-0.15, -0.1) is 0 Å². The number of carbonyl (C=O) groups is 1. The number of hydrogen-bond donors (Lipinski definition) is 1. The van der Waals surface area contributed by atoms with Crippen LogP contribution in [0.5, 0.6) is 0 Å². The Morgan fingerprint density at radius 2 is 1.96 bits per heavy atom. The Bertz CT molecular complexity index is 688. The molecule has 0 saturated carbocycles. The monoisotopic (exact) mass is 309 g/mol. The largest absolute Gasteiger partial charge is 0.371 e. The molecule has 1 fully saturated rings. The third-order valence-corrected chi connectivity index (χ3v) is 4.27. The van der Waals surface area contributed by atoms with Gasteiger partial charge in [0.15, 0.2) is 0 Å². The van der Waals surface area contributed by atoms with E-state index in [1.165, 1.54) is 12.8 Å². The SMILES string of the molecule is Cc1ccc(N2CCCC2)c(C(=O)NCc2ccc(C)nc2)c1. The van der Waals surface area contributed by atoms with E-state index in [4.69, 9.17) is 0 Å². The number of nitrogens with one attached hydrogen (secondary N) is 1. The summed E-state index contributed by atoms with van der Waals surface area (Å²) >= 11 is 0. The van der Waals surface area contributed by atoms with Crippen LogP contribution in [0, 0.1) is 13.8 Å². The second-order valence-corrected chi connectivity index (χ2v) is 6.21. The third kappa shape index (κ3) is 3.70. The number of hydrogen-bond acceptors (Lipinski definition) is 3. The first-order chi connectivity index (χ1) is 11.1. The number of aromatic nitrogens is 1. The fraction of sp³-hybridized carbons (Fsp3) is 0.368. The second-order valence-electron chi connectivity index (χ2n) is 6.21. The predicted octanol–water partition coefficient (Wildman–Crippen LogP) is 3.23. The zero-order chi connectivity index (χ0) is 16.2. The molecular weight excluding hydrogens is 286 g/mol. The fourth-order valence-electron chi connectivity index (χ4n) is 2.95. The highest BCUT2D eigenvalue weighted by atomic mass is 16.1. The summed E-state index contributed by atoms with van der Waals surface area (Å²) in [7, 11) is 0. The number of amides is 1. The number of carbonyl (C=O) groups excluding carboxylic acids is 1. The van der Waals surface area contributed by atoms with Crippen LogP contribution < -0.4 is 10.2 Å². The maximum Gasteiger partial charge on any atom is 0.253 e. The lowest BCUT2D eigenvalue weighted by atomic mass is 10.1. The smallest absolute Gasteiger partial charge is 0.253 e. The Morgan fingerprint density at radius 3 is 2.65 bits per heavy atom. The lowest BCUT2D eigenvalue weighted by molar-refractivity contribution is 0.0951. The molecule has 0 radical (unpaired) electrons. The summed E-state index contributed by atoms with van der Waals surface area (Å²) in [5, 5.41) is 3.02. The van der Waals surface area contributed by atoms with E-state index < -0.39 is 0 Å². The molecule has 0 unspecified atom stereocenters. The van der Waals surface area contributed by atoms with Gasteiger partial charge in [0.25, 0.3) is 5.91 Å². The molecule has 0 atom stereocenters. The van der Waals surface area contributed by atoms with Crippen LogP contribution in [0.2, 0.25) is 0 Å². The van der Waals surface area contributed by atoms with Gasteiger partial charge in [0.2, 0.25) is 0 Å². The molecule has 4 nitrogen and oxygen atoms in total. The van der Waals surface area contributed by atoms with E-state index in [1.807, 2.05) is 38.2 Å². The molecular formula is C19H23N3O. The highest BCUT2D eigenvalue weighted by Crippen LogP contribution is 2.25. The molecule has 2 aromatic rings. The third-order valence-electron chi connectivity index (χ3n) is 4.27. The van der Waals surface area contributed by atoms with Gasteiger partial charge >= 0.3 is 0 Å². The Balaban J connectivity index is 1.75. The minimum absolute atomic E-state index is 0.0174. The van der Waals surface area contributed by atoms with E-state index in [0.717, 1.165) is 41.2 Å². The van der Waals surface area contributed by atoms with Gasteiger partial charge in [-0.1, -0.05) is 17.7 Å². The second kappa shape index (κ2) is 6.82. The Morgan fingerprint density at radius 1 is 1.17 bits per heavy atom. The van der Waals surface area contributed by atoms with Crippen molar-refractivity contribution in [1.82, 2.24) is 10.3 Å². The van der Waals surface area contributed by atoms with Crippen LogP contribution in [-0.4, -0.2) is 24.0 Å². The number of rotatable bonds is 4. The molecule has 0 bridgehead atoms. The van der Waals surface area contributed by atoms with Crippen molar-refractivity contribution in [1.29, 1.82) is 0 Å². The molecule has 1 saturated heterocycles. The maximum absolute atomic E-state index is 12.7. The number of anilines is 1. The lowest BCUT2D eigenvalue weighted by Crippen LogP contribution is -2.27. The zero-order valence-electron chi connectivity index (χ0n) is 13.8. The molecule has 120 valence electrons. The van der Waals surface area contributed by atoms with Gasteiger partial charge in [-0.2, -0.15) is 0 Å². The lowest BCUT2D eigenvalue weighted by Gasteiger charge is -2.21. The maximum atomic E-state index is 12.7. The molecule has 1 N–H and O–H groups in total. The quantitative estimate of drug-likeness (QED) is 0.943. The highest BCUT2D eigenvalue weighted by molar-refractivity contribution is 6.00. The zero-order valence-corrected chi connectivity index (χ0v) is 13.8. The molecule has 1 amide bonds. The summed E-state index contributed by atoms with van der Waals surface area (Å²) < 4.78 is 0. The first kappa shape index (κ1) is 15.5. The van der Waals surface area contributed by atoms with Crippen LogP contribution in [0.1, 0.15) is 40.0 Å². The highest BCUT2D eigenvalue weighted by Gasteiger charge is 2.19. The van der Waals surface area contributed by atoms with Crippen LogP contribution in [0.3, 0.4) is 0 Å². The first-order valence-electron chi connectivity index (χ1n) is 8.19. The molecule has 23 heavy (non-hydrogen) atoms. The van der Waals surface area contributed by atoms with Crippen molar-refractivity contribution in [2.45, 2.75) is 33.2 Å². The molecule has 3 rings (SSSR count). The average Bonchev–Trinajstić information content (AvgIpc) is 3.08. The Hall–Kier alpha value is -2.36. The van der Waals surface area contributed by atoms with E-state index in [2.05, 4.69) is 27.3 Å². The van der Waals surface area contributed by atoms with E-state index in [1.54, 1.807) is 0 Å². The van der Waals surface area contributed by atoms with Crippen LogP contribution in [0.4, 0.5) is 5.69 Å². The molecule has 1 aromatic heterocycles. The van der Waals surface area contributed by atoms with Crippen LogP contribution in [0.25, 0.3) is 0 Å². The van der Waals surface area contributed by atoms with Gasteiger partial charge in [-0.05, 0) is 50.5 Å². The van der Waals surface area contributed by atoms with Crippen molar-refractivity contribution in [3.8, 4) is 0 Å². The van der Waals surface area contributed by atoms with Gasteiger partial charge in [-0.3, -0.25) is 9.78 Å². The van der Waals surface area contributed by atoms with E-state index in [9.17, 15) is 4.79 Å². The van der Waals surface area contributed by atoms with Crippen molar-refractivity contribution in [2.75, 3.05) is 18.0 Å². The van der Waals surface area contributed by atoms with Crippen molar-refractivity contribution in [3.63, 3.8) is 0 Å². The summed E-state index contributed by atoms with van der Waals surface area (Å²) in [6.07, 6.45) is 4.21. The average molecular weight is 309 g/mol. The first-order valence-corrected chi connectivity index (χ1v) is 8.19. The summed E-state index contributed by atoms with van der Waals surface area (Å²) in [6, 6.07) is 10.1. The van der Waals surface area contributed by atoms with Crippen LogP contribution in [0.15, 0.2) is 36.5 Å². The normalized spacial score (nSPS) is 14.1. The van der Waals surface area contributed by atoms with E-state index in [0.29, 0.717) is 6.54 Å². The van der Waals surface area contributed by atoms with Crippen molar-refractivity contribution in [2.24, 2.45) is 0 Å². The van der Waals surface area contributed by atoms with Gasteiger partial charge < -0.3 is 10.2 Å². The minimum atomic E-state index is -0.0174. The van der Waals surface area contributed by atoms with Crippen LogP contribution >= 0.6 is 0 Å². The summed E-state index contributed by atoms with van der Waals surface area (Å²) in [5.74, 6) is -0.0174. The molecule has 1 aromatic carbocycles. The van der Waals surface area contributed by atoms with Crippen LogP contribution in [-0.2, 0) is 6.54 Å². The van der Waals surface area contributed by atoms with Crippen molar-refractivity contribution in [3.05, 3.63) is 58.9 Å². The topological polar surface area (TPSA) is 45.2 Å². The molecule has 0 aliphatic carbocycles. The van der Waals surface area contributed by atoms with Gasteiger partial charge in [0, 0.05) is 37.2 Å². The van der Waals surface area contributed by atoms with Crippen molar-refractivity contribution >= 4 is 11.6 Å². The standard InChI is InChI=1S/C19H23N3O/c1-14-5-8-18(22-9-3-4-10-22)17(11-14)19(23)21-13-16-7-6-15(2)20-12-16/h5-8,11-12H,3-4,9-10,13H2,1-2H3,(H,21,23). The number of aryl methyl sites for hydroxylation is 2. The predicted molar refractivity (Wildman–Crippen MR) is 92.8 cm³/mol. The fourth-order valence-corrected chi connectivity index (χ4v) is 2.95. The number of nitrogens with zero attached hydrogens (tertiary/aromatic N) is 2. The molecule has 2 heterocycles. The van der Waals surface area contributed by atoms with Gasteiger partial charge in [0.1, 0.15) is 0 Å². The van der Waals surface area contributed by atoms with Gasteiger partial charge in [-0.25, -0.2) is 0 Å². The van der Waals surface area contributed by atoms with E-state index >= 15 is 0 Å². The minimum Gasteiger partial charge on any atom is -0.371 e. The van der Waals surface area contributed by atoms with Crippen molar-refractivity contribution < 1.29 is 4.79 Å². The summed E-state index contributed by atoms with van der Waals surface area (Å²) in [5.41, 5.74) is 4.92. The Labute approximate surface area is 137 Å². The molecule has 1 aliphatic rings. The summed E-state index contributed by atoms with van der Waals surface area (Å²) in [6.45, 7) is 6.54. The summed E-state index contributed by atoms with van der Waals surface area (Å²) in [4.78, 5) is 19.2. The molecule has 4 heteroatoms. The van der Waals surface area contributed by atoms with Gasteiger partial charge in [0.05, 0.1) is 5.56 Å². The van der Waals surface area contributed by atoms with E-state index in [-0.39, 0.29) is 5.91 Å². The Kier molecular flexibility index (Phi) is 4.60. The number of pyridine rings is 1. The number of benzene rings is 1. The molecule has 0 spiro atoms. The molecule has 1 aliphatic heterocycles.